The molecular weight excluding hydrogens is 186 g/mol. The van der Waals surface area contributed by atoms with Crippen molar-refractivity contribution in [3.8, 4) is 0 Å². The number of nitrogens with zero attached hydrogens (tertiary/aromatic N) is 1. The predicted octanol–water partition coefficient (Wildman–Crippen LogP) is 0.648. The Kier molecular flexibility index (Phi) is 8.04. The third-order valence-corrected chi connectivity index (χ3v) is 1.20. The van der Waals surface area contributed by atoms with Gasteiger partial charge in [-0.3, -0.25) is 9.59 Å². The van der Waals surface area contributed by atoms with Crippen LogP contribution in [-0.4, -0.2) is 54.3 Å². The fourth-order valence-electron chi connectivity index (χ4n) is 0.800. The Morgan fingerprint density at radius 2 is 1.43 bits per heavy atom. The number of hydrogen-bond donors (Lipinski definition) is 2. The highest BCUT2D eigenvalue weighted by Crippen LogP contribution is 1.90. The summed E-state index contributed by atoms with van der Waals surface area (Å²) in [6.45, 7) is 3.49. The minimum Gasteiger partial charge on any atom is -0.481 e. The molecule has 0 aliphatic rings. The molecule has 5 nitrogen and oxygen atoms in total. The molecule has 0 fully saturated rings. The Balaban J connectivity index is 0. The van der Waals surface area contributed by atoms with Crippen molar-refractivity contribution in [1.29, 1.82) is 0 Å². The monoisotopic (exact) mass is 206 g/mol. The average molecular weight is 206 g/mol. The third kappa shape index (κ3) is 22.4. The van der Waals surface area contributed by atoms with E-state index in [0.717, 1.165) is 4.48 Å². The summed E-state index contributed by atoms with van der Waals surface area (Å²) < 4.78 is 1.09. The van der Waals surface area contributed by atoms with Crippen molar-refractivity contribution in [2.45, 2.75) is 19.8 Å². The van der Waals surface area contributed by atoms with Crippen LogP contribution in [0, 0.1) is 0 Å². The molecule has 0 heterocycles. The van der Waals surface area contributed by atoms with E-state index < -0.39 is 18.4 Å². The number of hydrogen-bond acceptors (Lipinski definition) is 2. The molecule has 14 heavy (non-hydrogen) atoms. The Morgan fingerprint density at radius 1 is 1.07 bits per heavy atom. The van der Waals surface area contributed by atoms with Crippen LogP contribution in [0.15, 0.2) is 0 Å². The molecule has 0 aromatic carbocycles. The van der Waals surface area contributed by atoms with E-state index in [1.54, 1.807) is 0 Å². The second-order valence-electron chi connectivity index (χ2n) is 3.98. The zero-order valence-corrected chi connectivity index (χ0v) is 9.28. The van der Waals surface area contributed by atoms with Gasteiger partial charge in [0.15, 0.2) is 0 Å². The van der Waals surface area contributed by atoms with E-state index in [0.29, 0.717) is 0 Å². The van der Waals surface area contributed by atoms with Gasteiger partial charge in [-0.05, 0) is 6.42 Å². The highest BCUT2D eigenvalue weighted by Gasteiger charge is 2.02. The number of aliphatic carboxylic acids is 2. The minimum absolute atomic E-state index is 0.806. The lowest BCUT2D eigenvalue weighted by atomic mass is 10.4. The second-order valence-corrected chi connectivity index (χ2v) is 3.98. The van der Waals surface area contributed by atoms with E-state index in [9.17, 15) is 9.59 Å². The molecule has 0 saturated heterocycles. The maximum absolute atomic E-state index is 9.43. The summed E-state index contributed by atoms with van der Waals surface area (Å²) in [6, 6.07) is 0. The van der Waals surface area contributed by atoms with Gasteiger partial charge in [0.1, 0.15) is 6.42 Å². The average Bonchev–Trinajstić information content (AvgIpc) is 1.80. The van der Waals surface area contributed by atoms with Crippen LogP contribution in [0.5, 0.6) is 0 Å². The van der Waals surface area contributed by atoms with E-state index >= 15 is 0 Å². The highest BCUT2D eigenvalue weighted by molar-refractivity contribution is 5.88. The Morgan fingerprint density at radius 3 is 1.43 bits per heavy atom. The van der Waals surface area contributed by atoms with E-state index in [1.165, 1.54) is 13.0 Å². The number of carbonyl (C=O) groups is 2. The van der Waals surface area contributed by atoms with Gasteiger partial charge in [0.25, 0.3) is 0 Å². The number of rotatable bonds is 4. The zero-order valence-electron chi connectivity index (χ0n) is 9.28. The molecule has 0 spiro atoms. The second kappa shape index (κ2) is 7.32. The van der Waals surface area contributed by atoms with Gasteiger partial charge in [-0.25, -0.2) is 0 Å². The standard InChI is InChI=1S/C6H16N.C3H4O4/c1-5-6-7(2,3)4;4-2(5)1-3(6)7/h5-6H2,1-4H3;1H2,(H,4,5)(H,6,7)/q+1;. The highest BCUT2D eigenvalue weighted by atomic mass is 16.4. The molecular formula is C9H20NO4+. The maximum Gasteiger partial charge on any atom is 0.314 e. The summed E-state index contributed by atoms with van der Waals surface area (Å²) in [6.07, 6.45) is 0.476. The molecule has 0 aliphatic carbocycles. The van der Waals surface area contributed by atoms with Crippen LogP contribution in [0.3, 0.4) is 0 Å². The first-order valence-corrected chi connectivity index (χ1v) is 4.43. The largest absolute Gasteiger partial charge is 0.481 e. The van der Waals surface area contributed by atoms with Gasteiger partial charge in [-0.1, -0.05) is 6.92 Å². The fraction of sp³-hybridized carbons (Fsp3) is 0.778. The fourth-order valence-corrected chi connectivity index (χ4v) is 0.800. The maximum atomic E-state index is 9.43. The molecule has 84 valence electrons. The molecule has 0 aromatic rings. The summed E-state index contributed by atoms with van der Waals surface area (Å²) in [5.74, 6) is -2.62. The lowest BCUT2D eigenvalue weighted by Crippen LogP contribution is -2.34. The van der Waals surface area contributed by atoms with Gasteiger partial charge >= 0.3 is 11.9 Å². The van der Waals surface area contributed by atoms with Crippen molar-refractivity contribution in [3.63, 3.8) is 0 Å². The Hall–Kier alpha value is -1.10. The van der Waals surface area contributed by atoms with Gasteiger partial charge in [0.2, 0.25) is 0 Å². The van der Waals surface area contributed by atoms with Crippen LogP contribution in [0.1, 0.15) is 19.8 Å². The van der Waals surface area contributed by atoms with Gasteiger partial charge in [0.05, 0.1) is 27.7 Å². The quantitative estimate of drug-likeness (QED) is 0.523. The smallest absolute Gasteiger partial charge is 0.314 e. The molecule has 5 heteroatoms. The van der Waals surface area contributed by atoms with Crippen LogP contribution in [0.25, 0.3) is 0 Å². The van der Waals surface area contributed by atoms with E-state index in [1.807, 2.05) is 0 Å². The van der Waals surface area contributed by atoms with E-state index in [4.69, 9.17) is 10.2 Å². The van der Waals surface area contributed by atoms with Crippen molar-refractivity contribution in [3.05, 3.63) is 0 Å². The number of carboxylic acid groups (broad SMARTS) is 2. The first kappa shape index (κ1) is 15.4. The van der Waals surface area contributed by atoms with Crippen LogP contribution >= 0.6 is 0 Å². The van der Waals surface area contributed by atoms with Crippen molar-refractivity contribution in [2.24, 2.45) is 0 Å². The van der Waals surface area contributed by atoms with Crippen LogP contribution in [0.4, 0.5) is 0 Å². The van der Waals surface area contributed by atoms with Crippen molar-refractivity contribution >= 4 is 11.9 Å². The van der Waals surface area contributed by atoms with Gasteiger partial charge < -0.3 is 14.7 Å². The normalized spacial score (nSPS) is 10.0. The number of quaternary nitrogens is 1. The summed E-state index contributed by atoms with van der Waals surface area (Å²) >= 11 is 0. The zero-order chi connectivity index (χ0) is 11.8. The minimum atomic E-state index is -1.31. The van der Waals surface area contributed by atoms with Gasteiger partial charge in [-0.2, -0.15) is 0 Å². The first-order valence-electron chi connectivity index (χ1n) is 4.43. The Labute approximate surface area is 84.5 Å². The SMILES string of the molecule is CCC[N+](C)(C)C.O=C(O)CC(=O)O. The molecule has 0 aliphatic heterocycles. The summed E-state index contributed by atoms with van der Waals surface area (Å²) in [5.41, 5.74) is 0. The van der Waals surface area contributed by atoms with Gasteiger partial charge in [0, 0.05) is 0 Å². The van der Waals surface area contributed by atoms with E-state index in [-0.39, 0.29) is 0 Å². The van der Waals surface area contributed by atoms with Crippen LogP contribution < -0.4 is 0 Å². The lowest BCUT2D eigenvalue weighted by molar-refractivity contribution is -0.870. The Bertz CT molecular complexity index is 172. The molecule has 0 unspecified atom stereocenters. The molecule has 0 rings (SSSR count). The van der Waals surface area contributed by atoms with Crippen molar-refractivity contribution in [2.75, 3.05) is 27.7 Å². The molecule has 2 N–H and O–H groups in total. The first-order chi connectivity index (χ1) is 6.19. The van der Waals surface area contributed by atoms with Crippen molar-refractivity contribution in [1.82, 2.24) is 0 Å². The van der Waals surface area contributed by atoms with E-state index in [2.05, 4.69) is 28.1 Å². The molecule has 0 saturated carbocycles. The van der Waals surface area contributed by atoms with Crippen LogP contribution in [-0.2, 0) is 9.59 Å². The lowest BCUT2D eigenvalue weighted by Gasteiger charge is -2.22. The van der Waals surface area contributed by atoms with Gasteiger partial charge in [-0.15, -0.1) is 0 Å². The topological polar surface area (TPSA) is 74.6 Å². The molecule has 0 aromatic heterocycles. The summed E-state index contributed by atoms with van der Waals surface area (Å²) in [7, 11) is 6.64. The number of carboxylic acids is 2. The predicted molar refractivity (Wildman–Crippen MR) is 53.1 cm³/mol. The van der Waals surface area contributed by atoms with Crippen LogP contribution in [0.2, 0.25) is 0 Å². The summed E-state index contributed by atoms with van der Waals surface area (Å²) in [4.78, 5) is 18.9. The third-order valence-electron chi connectivity index (χ3n) is 1.20. The summed E-state index contributed by atoms with van der Waals surface area (Å²) in [5, 5.41) is 15.4. The molecule has 0 atom stereocenters. The molecule has 0 amide bonds. The molecule has 0 radical (unpaired) electrons. The van der Waals surface area contributed by atoms with Crippen molar-refractivity contribution < 1.29 is 24.3 Å². The molecule has 0 bridgehead atoms.